The summed E-state index contributed by atoms with van der Waals surface area (Å²) < 4.78 is 26.8. The molecule has 11 N–H and O–H groups in total. The lowest BCUT2D eigenvalue weighted by molar-refractivity contribution is -0.418. The highest BCUT2D eigenvalue weighted by molar-refractivity contribution is 6.04. The minimum atomic E-state index is -3.75. The second kappa shape index (κ2) is 13.0. The van der Waals surface area contributed by atoms with Crippen LogP contribution >= 0.6 is 0 Å². The van der Waals surface area contributed by atoms with Gasteiger partial charge in [0.05, 0.1) is 19.8 Å². The first-order chi connectivity index (χ1) is 19.9. The molecule has 0 saturated carbocycles. The molecule has 0 aliphatic carbocycles. The summed E-state index contributed by atoms with van der Waals surface area (Å²) in [6, 6.07) is 0. The molecule has 248 valence electrons. The van der Waals surface area contributed by atoms with Crippen LogP contribution in [-0.2, 0) is 38.1 Å². The molecule has 0 spiro atoms. The number of ether oxygens (including phenoxy) is 5. The van der Waals surface area contributed by atoms with Gasteiger partial charge in [-0.15, -0.1) is 0 Å². The van der Waals surface area contributed by atoms with E-state index in [2.05, 4.69) is 0 Å². The Bertz CT molecular complexity index is 1040. The summed E-state index contributed by atoms with van der Waals surface area (Å²) in [4.78, 5) is 38.7. The predicted molar refractivity (Wildman–Crippen MR) is 130 cm³/mol. The van der Waals surface area contributed by atoms with Gasteiger partial charge in [0.2, 0.25) is 5.60 Å². The van der Waals surface area contributed by atoms with E-state index < -0.39 is 128 Å². The highest BCUT2D eigenvalue weighted by Crippen LogP contribution is 2.48. The summed E-state index contributed by atoms with van der Waals surface area (Å²) in [5.74, 6) is -7.93. The number of ketones is 3. The molecular formula is C24H38O19. The van der Waals surface area contributed by atoms with Crippen molar-refractivity contribution in [2.24, 2.45) is 0 Å². The topological polar surface area (TPSA) is 320 Å². The van der Waals surface area contributed by atoms with Crippen molar-refractivity contribution in [3.05, 3.63) is 0 Å². The fourth-order valence-electron chi connectivity index (χ4n) is 5.62. The second-order valence-electron chi connectivity index (χ2n) is 10.7. The normalized spacial score (nSPS) is 49.0. The third-order valence-corrected chi connectivity index (χ3v) is 8.07. The van der Waals surface area contributed by atoms with Crippen LogP contribution in [0.4, 0.5) is 0 Å². The van der Waals surface area contributed by atoms with Crippen molar-refractivity contribution < 1.29 is 94.2 Å². The van der Waals surface area contributed by atoms with E-state index in [9.17, 15) is 70.6 Å². The molecule has 43 heavy (non-hydrogen) atoms. The summed E-state index contributed by atoms with van der Waals surface area (Å²) in [6.07, 6.45) is -24.1. The standard InChI is InChI=1S/C24H38O19/c1-7(28)22(37)19(35)12(6-27)42-24(9(3)30,23(22,38)8(2)29)43-18-11(5-26)40-21(16(34)14(18)32)41-17-10(4-25)39-20(36)15(33)13(17)31/h10-21,25-27,31-38H,4-6H2,1-3H3/t10-,11-,12-,13-,14-,15-,16-,17-,18-,19+,20+,21?,22+,23+,24?/m1/s1. The predicted octanol–water partition coefficient (Wildman–Crippen LogP) is -7.70. The van der Waals surface area contributed by atoms with Crippen molar-refractivity contribution in [2.75, 3.05) is 19.8 Å². The van der Waals surface area contributed by atoms with E-state index in [0.717, 1.165) is 0 Å². The fraction of sp³-hybridized carbons (Fsp3) is 0.875. The number of Topliss-reactive ketones (excluding diaryl/α,β-unsaturated/α-hetero) is 3. The smallest absolute Gasteiger partial charge is 0.270 e. The molecule has 15 atom stereocenters. The second-order valence-corrected chi connectivity index (χ2v) is 10.7. The summed E-state index contributed by atoms with van der Waals surface area (Å²) in [6.45, 7) is -1.24. The Morgan fingerprint density at radius 2 is 1.19 bits per heavy atom. The van der Waals surface area contributed by atoms with Gasteiger partial charge in [0, 0.05) is 6.92 Å². The molecule has 3 aliphatic heterocycles. The number of hydrogen-bond donors (Lipinski definition) is 11. The molecule has 3 saturated heterocycles. The van der Waals surface area contributed by atoms with Crippen LogP contribution in [0.2, 0.25) is 0 Å². The van der Waals surface area contributed by atoms with Crippen LogP contribution in [0.1, 0.15) is 20.8 Å². The monoisotopic (exact) mass is 630 g/mol. The summed E-state index contributed by atoms with van der Waals surface area (Å²) >= 11 is 0. The molecule has 19 heteroatoms. The number of carbonyl (C=O) groups excluding carboxylic acids is 3. The Hall–Kier alpha value is -1.63. The van der Waals surface area contributed by atoms with Gasteiger partial charge in [-0.05, 0) is 13.8 Å². The van der Waals surface area contributed by atoms with E-state index >= 15 is 0 Å². The van der Waals surface area contributed by atoms with Gasteiger partial charge in [0.1, 0.15) is 61.0 Å². The van der Waals surface area contributed by atoms with Crippen LogP contribution in [0.15, 0.2) is 0 Å². The van der Waals surface area contributed by atoms with Crippen LogP contribution in [0, 0.1) is 0 Å². The maximum Gasteiger partial charge on any atom is 0.270 e. The van der Waals surface area contributed by atoms with Crippen molar-refractivity contribution in [3.8, 4) is 0 Å². The van der Waals surface area contributed by atoms with Gasteiger partial charge in [0.15, 0.2) is 35.5 Å². The molecule has 19 nitrogen and oxygen atoms in total. The van der Waals surface area contributed by atoms with E-state index in [1.165, 1.54) is 0 Å². The Morgan fingerprint density at radius 1 is 0.674 bits per heavy atom. The molecule has 3 heterocycles. The van der Waals surface area contributed by atoms with Gasteiger partial charge < -0.3 is 79.9 Å². The van der Waals surface area contributed by atoms with Gasteiger partial charge in [-0.1, -0.05) is 0 Å². The van der Waals surface area contributed by atoms with Crippen molar-refractivity contribution in [3.63, 3.8) is 0 Å². The SMILES string of the molecule is CC(=O)C1(O[C@H]2[C@H](O)[C@@H](O)C(O[C@H]3[C@H](O)[C@@H](O)[C@@H](O)O[C@@H]3CO)O[C@@H]2CO)O[C@H](CO)[C@H](O)[C@@](O)(C(C)=O)[C@@]1(O)C(C)=O. The van der Waals surface area contributed by atoms with Crippen LogP contribution in [0.25, 0.3) is 0 Å². The molecular weight excluding hydrogens is 592 g/mol. The maximum absolute atomic E-state index is 13.1. The number of rotatable bonds is 10. The van der Waals surface area contributed by atoms with Crippen molar-refractivity contribution in [1.29, 1.82) is 0 Å². The van der Waals surface area contributed by atoms with Gasteiger partial charge in [0.25, 0.3) is 5.79 Å². The lowest BCUT2D eigenvalue weighted by Crippen LogP contribution is -2.86. The van der Waals surface area contributed by atoms with Crippen LogP contribution in [0.5, 0.6) is 0 Å². The average Bonchev–Trinajstić information content (AvgIpc) is 2.96. The summed E-state index contributed by atoms with van der Waals surface area (Å²) in [5.41, 5.74) is -7.30. The van der Waals surface area contributed by atoms with Gasteiger partial charge >= 0.3 is 0 Å². The molecule has 0 amide bonds. The lowest BCUT2D eigenvalue weighted by atomic mass is 9.64. The van der Waals surface area contributed by atoms with Gasteiger partial charge in [-0.25, -0.2) is 0 Å². The first-order valence-corrected chi connectivity index (χ1v) is 13.1. The minimum Gasteiger partial charge on any atom is -0.394 e. The van der Waals surface area contributed by atoms with Gasteiger partial charge in [-0.3, -0.25) is 14.4 Å². The zero-order chi connectivity index (χ0) is 32.8. The molecule has 0 bridgehead atoms. The minimum absolute atomic E-state index is 0.612. The Kier molecular flexibility index (Phi) is 10.8. The molecule has 0 aromatic rings. The van der Waals surface area contributed by atoms with E-state index in [-0.39, 0.29) is 0 Å². The first-order valence-electron chi connectivity index (χ1n) is 13.1. The zero-order valence-corrected chi connectivity index (χ0v) is 23.2. The Labute approximate surface area is 243 Å². The quantitative estimate of drug-likeness (QED) is 0.107. The summed E-state index contributed by atoms with van der Waals surface area (Å²) in [7, 11) is 0. The number of aliphatic hydroxyl groups excluding tert-OH is 9. The molecule has 2 unspecified atom stereocenters. The highest BCUT2D eigenvalue weighted by Gasteiger charge is 2.79. The molecule has 0 aromatic heterocycles. The largest absolute Gasteiger partial charge is 0.394 e. The van der Waals surface area contributed by atoms with Crippen molar-refractivity contribution in [2.45, 2.75) is 111 Å². The van der Waals surface area contributed by atoms with Crippen LogP contribution < -0.4 is 0 Å². The fourth-order valence-corrected chi connectivity index (χ4v) is 5.62. The Morgan fingerprint density at radius 3 is 1.65 bits per heavy atom. The van der Waals surface area contributed by atoms with E-state index in [1.54, 1.807) is 0 Å². The number of carbonyl (C=O) groups is 3. The number of hydrogen-bond acceptors (Lipinski definition) is 19. The number of aliphatic hydroxyl groups is 11. The van der Waals surface area contributed by atoms with E-state index in [0.29, 0.717) is 20.8 Å². The van der Waals surface area contributed by atoms with Gasteiger partial charge in [-0.2, -0.15) is 0 Å². The zero-order valence-electron chi connectivity index (χ0n) is 23.2. The molecule has 0 radical (unpaired) electrons. The van der Waals surface area contributed by atoms with Crippen LogP contribution in [0.3, 0.4) is 0 Å². The molecule has 3 rings (SSSR count). The molecule has 0 aromatic carbocycles. The first kappa shape index (κ1) is 35.8. The van der Waals surface area contributed by atoms with E-state index in [1.807, 2.05) is 0 Å². The van der Waals surface area contributed by atoms with Crippen LogP contribution in [-0.4, -0.2) is 184 Å². The molecule has 3 fully saturated rings. The van der Waals surface area contributed by atoms with Crippen molar-refractivity contribution in [1.82, 2.24) is 0 Å². The lowest BCUT2D eigenvalue weighted by Gasteiger charge is -2.58. The third kappa shape index (κ3) is 5.46. The molecule has 3 aliphatic rings. The maximum atomic E-state index is 13.1. The third-order valence-electron chi connectivity index (χ3n) is 8.07. The van der Waals surface area contributed by atoms with Crippen molar-refractivity contribution >= 4 is 17.3 Å². The Balaban J connectivity index is 2.04. The summed E-state index contributed by atoms with van der Waals surface area (Å²) in [5, 5.41) is 115. The highest BCUT2D eigenvalue weighted by atomic mass is 16.8. The average molecular weight is 631 g/mol. The van der Waals surface area contributed by atoms with E-state index in [4.69, 9.17) is 23.7 Å².